The molecule has 2 amide bonds. The van der Waals surface area contributed by atoms with Crippen LogP contribution in [0.25, 0.3) is 0 Å². The van der Waals surface area contributed by atoms with Gasteiger partial charge in [-0.25, -0.2) is 4.79 Å². The zero-order valence-corrected chi connectivity index (χ0v) is 11.0. The van der Waals surface area contributed by atoms with Gasteiger partial charge in [0.05, 0.1) is 18.8 Å². The van der Waals surface area contributed by atoms with Crippen molar-refractivity contribution in [2.45, 2.75) is 6.54 Å². The van der Waals surface area contributed by atoms with Crippen molar-refractivity contribution in [3.05, 3.63) is 24.0 Å². The lowest BCUT2D eigenvalue weighted by molar-refractivity contribution is -0.138. The van der Waals surface area contributed by atoms with Gasteiger partial charge in [-0.05, 0) is 12.1 Å². The molecule has 1 aromatic rings. The summed E-state index contributed by atoms with van der Waals surface area (Å²) in [5.74, 6) is -0.842. The van der Waals surface area contributed by atoms with E-state index < -0.39 is 5.97 Å². The minimum atomic E-state index is -0.842. The van der Waals surface area contributed by atoms with Gasteiger partial charge in [0, 0.05) is 32.4 Å². The smallest absolute Gasteiger partial charge is 0.317 e. The first kappa shape index (κ1) is 14.2. The van der Waals surface area contributed by atoms with Crippen LogP contribution in [0.3, 0.4) is 0 Å². The van der Waals surface area contributed by atoms with Gasteiger partial charge in [-0.2, -0.15) is 10.2 Å². The molecule has 0 radical (unpaired) electrons. The number of aliphatic carboxylic acids is 1. The number of amides is 2. The monoisotopic (exact) mass is 279 g/mol. The number of carboxylic acid groups (broad SMARTS) is 1. The van der Waals surface area contributed by atoms with Crippen molar-refractivity contribution in [1.82, 2.24) is 25.3 Å². The Morgan fingerprint density at radius 3 is 2.65 bits per heavy atom. The standard InChI is InChI=1S/C12H17N5O3/c18-11(19)9-16-4-6-17(7-5-16)12(20)13-8-10-2-1-3-14-15-10/h1-3H,4-9H2,(H,13,20)(H,18,19). The van der Waals surface area contributed by atoms with E-state index in [0.717, 1.165) is 0 Å². The molecule has 8 heteroatoms. The van der Waals surface area contributed by atoms with Crippen LogP contribution in [0.4, 0.5) is 4.79 Å². The molecule has 2 N–H and O–H groups in total. The summed E-state index contributed by atoms with van der Waals surface area (Å²) in [5, 5.41) is 19.1. The van der Waals surface area contributed by atoms with Crippen molar-refractivity contribution in [2.24, 2.45) is 0 Å². The van der Waals surface area contributed by atoms with Crippen molar-refractivity contribution in [3.63, 3.8) is 0 Å². The zero-order valence-electron chi connectivity index (χ0n) is 11.0. The molecule has 1 aliphatic rings. The van der Waals surface area contributed by atoms with Crippen LogP contribution in [-0.4, -0.2) is 69.8 Å². The average Bonchev–Trinajstić information content (AvgIpc) is 2.46. The predicted molar refractivity (Wildman–Crippen MR) is 69.9 cm³/mol. The Kier molecular flexibility index (Phi) is 4.83. The average molecular weight is 279 g/mol. The molecule has 0 bridgehead atoms. The van der Waals surface area contributed by atoms with E-state index >= 15 is 0 Å². The summed E-state index contributed by atoms with van der Waals surface area (Å²) >= 11 is 0. The lowest BCUT2D eigenvalue weighted by Crippen LogP contribution is -2.52. The van der Waals surface area contributed by atoms with Crippen LogP contribution < -0.4 is 5.32 Å². The highest BCUT2D eigenvalue weighted by Crippen LogP contribution is 2.02. The van der Waals surface area contributed by atoms with Gasteiger partial charge in [-0.15, -0.1) is 0 Å². The first-order valence-electron chi connectivity index (χ1n) is 6.38. The van der Waals surface area contributed by atoms with Gasteiger partial charge >= 0.3 is 12.0 Å². The van der Waals surface area contributed by atoms with E-state index in [-0.39, 0.29) is 12.6 Å². The molecule has 20 heavy (non-hydrogen) atoms. The van der Waals surface area contributed by atoms with Crippen LogP contribution in [0.1, 0.15) is 5.69 Å². The Labute approximate surface area is 116 Å². The summed E-state index contributed by atoms with van der Waals surface area (Å²) < 4.78 is 0. The summed E-state index contributed by atoms with van der Waals surface area (Å²) in [4.78, 5) is 26.0. The Bertz CT molecular complexity index is 459. The number of hydrogen-bond acceptors (Lipinski definition) is 5. The topological polar surface area (TPSA) is 98.7 Å². The van der Waals surface area contributed by atoms with Gasteiger partial charge in [-0.1, -0.05) is 0 Å². The zero-order chi connectivity index (χ0) is 14.4. The van der Waals surface area contributed by atoms with E-state index in [2.05, 4.69) is 15.5 Å². The number of aromatic nitrogens is 2. The van der Waals surface area contributed by atoms with Crippen LogP contribution >= 0.6 is 0 Å². The molecule has 1 aliphatic heterocycles. The van der Waals surface area contributed by atoms with Crippen LogP contribution in [0.2, 0.25) is 0 Å². The summed E-state index contributed by atoms with van der Waals surface area (Å²) in [7, 11) is 0. The summed E-state index contributed by atoms with van der Waals surface area (Å²) in [6, 6.07) is 3.39. The second-order valence-corrected chi connectivity index (χ2v) is 4.53. The molecular formula is C12H17N5O3. The second kappa shape index (κ2) is 6.80. The molecule has 8 nitrogen and oxygen atoms in total. The van der Waals surface area contributed by atoms with E-state index in [4.69, 9.17) is 5.11 Å². The van der Waals surface area contributed by atoms with E-state index in [9.17, 15) is 9.59 Å². The quantitative estimate of drug-likeness (QED) is 0.763. The highest BCUT2D eigenvalue weighted by Gasteiger charge is 2.21. The maximum Gasteiger partial charge on any atom is 0.317 e. The molecule has 0 aliphatic carbocycles. The van der Waals surface area contributed by atoms with Gasteiger partial charge in [0.2, 0.25) is 0 Å². The lowest BCUT2D eigenvalue weighted by atomic mass is 10.3. The fourth-order valence-electron chi connectivity index (χ4n) is 2.01. The van der Waals surface area contributed by atoms with Crippen molar-refractivity contribution in [2.75, 3.05) is 32.7 Å². The third kappa shape index (κ3) is 4.16. The number of nitrogens with one attached hydrogen (secondary N) is 1. The van der Waals surface area contributed by atoms with Crippen LogP contribution in [0, 0.1) is 0 Å². The minimum Gasteiger partial charge on any atom is -0.480 e. The van der Waals surface area contributed by atoms with E-state index in [1.54, 1.807) is 23.2 Å². The molecule has 2 heterocycles. The SMILES string of the molecule is O=C(O)CN1CCN(C(=O)NCc2cccnn2)CC1. The number of rotatable bonds is 4. The van der Waals surface area contributed by atoms with Crippen LogP contribution in [0.15, 0.2) is 18.3 Å². The number of carbonyl (C=O) groups is 2. The molecule has 1 aromatic heterocycles. The normalized spacial score (nSPS) is 15.9. The van der Waals surface area contributed by atoms with E-state index in [1.807, 2.05) is 4.90 Å². The Balaban J connectivity index is 1.73. The molecule has 0 atom stereocenters. The molecule has 2 rings (SSSR count). The largest absolute Gasteiger partial charge is 0.480 e. The minimum absolute atomic E-state index is 0.0229. The number of hydrogen-bond donors (Lipinski definition) is 2. The Hall–Kier alpha value is -2.22. The van der Waals surface area contributed by atoms with Crippen molar-refractivity contribution >= 4 is 12.0 Å². The van der Waals surface area contributed by atoms with Crippen molar-refractivity contribution in [3.8, 4) is 0 Å². The fraction of sp³-hybridized carbons (Fsp3) is 0.500. The van der Waals surface area contributed by atoms with Crippen molar-refractivity contribution < 1.29 is 14.7 Å². The van der Waals surface area contributed by atoms with Gasteiger partial charge in [0.1, 0.15) is 0 Å². The number of carboxylic acids is 1. The molecule has 1 saturated heterocycles. The summed E-state index contributed by atoms with van der Waals surface area (Å²) in [6.07, 6.45) is 1.58. The Morgan fingerprint density at radius 1 is 1.30 bits per heavy atom. The molecule has 0 unspecified atom stereocenters. The molecule has 108 valence electrons. The molecular weight excluding hydrogens is 262 g/mol. The molecule has 0 aromatic carbocycles. The first-order valence-corrected chi connectivity index (χ1v) is 6.38. The van der Waals surface area contributed by atoms with E-state index in [0.29, 0.717) is 38.4 Å². The third-order valence-electron chi connectivity index (χ3n) is 3.07. The van der Waals surface area contributed by atoms with Gasteiger partial charge in [0.25, 0.3) is 0 Å². The first-order chi connectivity index (χ1) is 9.65. The number of piperazine rings is 1. The molecule has 1 fully saturated rings. The van der Waals surface area contributed by atoms with Crippen molar-refractivity contribution in [1.29, 1.82) is 0 Å². The highest BCUT2D eigenvalue weighted by molar-refractivity contribution is 5.74. The van der Waals surface area contributed by atoms with Gasteiger partial charge < -0.3 is 15.3 Å². The second-order valence-electron chi connectivity index (χ2n) is 4.53. The molecule has 0 spiro atoms. The third-order valence-corrected chi connectivity index (χ3v) is 3.07. The predicted octanol–water partition coefficient (Wildman–Crippen LogP) is -0.612. The highest BCUT2D eigenvalue weighted by atomic mass is 16.4. The van der Waals surface area contributed by atoms with Gasteiger partial charge in [0.15, 0.2) is 0 Å². The van der Waals surface area contributed by atoms with Gasteiger partial charge in [-0.3, -0.25) is 9.69 Å². The van der Waals surface area contributed by atoms with Crippen LogP contribution in [-0.2, 0) is 11.3 Å². The summed E-state index contributed by atoms with van der Waals surface area (Å²) in [5.41, 5.74) is 0.699. The Morgan fingerprint density at radius 2 is 2.05 bits per heavy atom. The maximum absolute atomic E-state index is 11.9. The fourth-order valence-corrected chi connectivity index (χ4v) is 2.01. The lowest BCUT2D eigenvalue weighted by Gasteiger charge is -2.33. The maximum atomic E-state index is 11.9. The van der Waals surface area contributed by atoms with Crippen LogP contribution in [0.5, 0.6) is 0 Å². The number of carbonyl (C=O) groups excluding carboxylic acids is 1. The molecule has 0 saturated carbocycles. The summed E-state index contributed by atoms with van der Waals surface area (Å²) in [6.45, 7) is 2.56. The number of urea groups is 1. The van der Waals surface area contributed by atoms with E-state index in [1.165, 1.54) is 0 Å². The number of nitrogens with zero attached hydrogens (tertiary/aromatic N) is 4.